The van der Waals surface area contributed by atoms with Crippen LogP contribution in [0.5, 0.6) is 5.75 Å². The third-order valence-corrected chi connectivity index (χ3v) is 5.21. The number of para-hydroxylation sites is 1. The van der Waals surface area contributed by atoms with E-state index in [0.717, 1.165) is 22.2 Å². The molecule has 2 N–H and O–H groups in total. The first-order valence-corrected chi connectivity index (χ1v) is 9.70. The summed E-state index contributed by atoms with van der Waals surface area (Å²) in [5.41, 5.74) is 4.69. The highest BCUT2D eigenvalue weighted by Gasteiger charge is 2.17. The van der Waals surface area contributed by atoms with Gasteiger partial charge in [-0.3, -0.25) is 19.2 Å². The summed E-state index contributed by atoms with van der Waals surface area (Å²) in [7, 11) is 0. The Balaban J connectivity index is 1.74. The van der Waals surface area contributed by atoms with Crippen molar-refractivity contribution < 1.29 is 23.5 Å². The number of hydroxylamine groups is 1. The number of fused-ring (bicyclic) bond motifs is 1. The normalized spacial score (nSPS) is 13.1. The Bertz CT molecular complexity index is 1010. The van der Waals surface area contributed by atoms with E-state index in [1.807, 2.05) is 37.3 Å². The number of rotatable bonds is 7. The van der Waals surface area contributed by atoms with Crippen LogP contribution in [0.3, 0.4) is 0 Å². The fourth-order valence-corrected chi connectivity index (χ4v) is 3.63. The average molecular weight is 399 g/mol. The number of carbonyl (C=O) groups excluding carboxylic acids is 1. The molecule has 1 heterocycles. The van der Waals surface area contributed by atoms with Gasteiger partial charge in [-0.05, 0) is 47.8 Å². The smallest absolute Gasteiger partial charge is 0.244 e. The Morgan fingerprint density at radius 3 is 2.64 bits per heavy atom. The van der Waals surface area contributed by atoms with Crippen molar-refractivity contribution in [2.45, 2.75) is 25.2 Å². The summed E-state index contributed by atoms with van der Waals surface area (Å²) in [4.78, 5) is 15.8. The third-order valence-electron chi connectivity index (χ3n) is 4.30. The maximum absolute atomic E-state index is 11.4. The van der Waals surface area contributed by atoms with Gasteiger partial charge in [0, 0.05) is 23.1 Å². The number of hydrogen-bond donors (Lipinski definition) is 2. The van der Waals surface area contributed by atoms with Gasteiger partial charge in [0.2, 0.25) is 5.91 Å². The fraction of sp³-hybridized carbons (Fsp3) is 0.200. The predicted molar refractivity (Wildman–Crippen MR) is 103 cm³/mol. The molecule has 0 spiro atoms. The molecule has 7 nitrogen and oxygen atoms in total. The highest BCUT2D eigenvalue weighted by Crippen LogP contribution is 2.26. The first-order chi connectivity index (χ1) is 13.5. The molecule has 1 aromatic heterocycles. The summed E-state index contributed by atoms with van der Waals surface area (Å²) in [5.74, 6) is -0.196. The van der Waals surface area contributed by atoms with E-state index in [-0.39, 0.29) is 6.42 Å². The van der Waals surface area contributed by atoms with Crippen LogP contribution >= 0.6 is 0 Å². The molecule has 3 aromatic rings. The lowest BCUT2D eigenvalue weighted by molar-refractivity contribution is -0.129. The van der Waals surface area contributed by atoms with Crippen LogP contribution in [0, 0.1) is 6.92 Å². The van der Waals surface area contributed by atoms with Crippen LogP contribution in [0.15, 0.2) is 54.6 Å². The quantitative estimate of drug-likeness (QED) is 0.359. The fourth-order valence-electron chi connectivity index (χ4n) is 2.97. The van der Waals surface area contributed by atoms with Crippen molar-refractivity contribution in [2.75, 3.05) is 0 Å². The maximum atomic E-state index is 11.4. The number of hydrogen-bond acceptors (Lipinski definition) is 6. The number of nitrogens with one attached hydrogen (secondary N) is 1. The Labute approximate surface area is 164 Å². The van der Waals surface area contributed by atoms with Gasteiger partial charge in [-0.1, -0.05) is 30.3 Å². The molecule has 0 aliphatic carbocycles. The van der Waals surface area contributed by atoms with Gasteiger partial charge >= 0.3 is 0 Å². The predicted octanol–water partition coefficient (Wildman–Crippen LogP) is 2.94. The molecule has 28 heavy (non-hydrogen) atoms. The van der Waals surface area contributed by atoms with Crippen LogP contribution in [-0.2, 0) is 22.5 Å². The van der Waals surface area contributed by atoms with E-state index in [0.29, 0.717) is 17.9 Å². The summed E-state index contributed by atoms with van der Waals surface area (Å²) >= 11 is -2.50. The van der Waals surface area contributed by atoms with Gasteiger partial charge in [-0.2, -0.15) is 0 Å². The van der Waals surface area contributed by atoms with E-state index in [1.165, 1.54) is 5.48 Å². The SMILES string of the molecule is Cc1cc(COc2ccc(C(CC(=O)NO)S(=O)[O-])cc2)c2ccccc2n1. The second-order valence-corrected chi connectivity index (χ2v) is 7.38. The summed E-state index contributed by atoms with van der Waals surface area (Å²) < 4.78 is 28.7. The minimum atomic E-state index is -2.50. The standard InChI is InChI=1S/C20H20N2O5S/c1-13-10-15(17-4-2-3-5-18(17)21-13)12-27-16-8-6-14(7-9-16)19(28(25)26)11-20(23)22-24/h2-10,19,24H,11-12H2,1H3,(H,22,23)(H,25,26)/p-1. The number of nitrogens with zero attached hydrogens (tertiary/aromatic N) is 1. The monoisotopic (exact) mass is 399 g/mol. The van der Waals surface area contributed by atoms with Crippen LogP contribution in [0.25, 0.3) is 10.9 Å². The summed E-state index contributed by atoms with van der Waals surface area (Å²) in [6.07, 6.45) is -0.366. The van der Waals surface area contributed by atoms with E-state index in [2.05, 4.69) is 4.98 Å². The van der Waals surface area contributed by atoms with Crippen LogP contribution in [0.4, 0.5) is 0 Å². The molecule has 0 radical (unpaired) electrons. The van der Waals surface area contributed by atoms with E-state index in [9.17, 15) is 13.6 Å². The summed E-state index contributed by atoms with van der Waals surface area (Å²) in [6, 6.07) is 16.3. The number of aryl methyl sites for hydroxylation is 1. The summed E-state index contributed by atoms with van der Waals surface area (Å²) in [6.45, 7) is 2.27. The van der Waals surface area contributed by atoms with E-state index < -0.39 is 22.2 Å². The van der Waals surface area contributed by atoms with Crippen molar-refractivity contribution >= 4 is 27.9 Å². The molecule has 2 unspecified atom stereocenters. The van der Waals surface area contributed by atoms with Crippen molar-refractivity contribution in [2.24, 2.45) is 0 Å². The van der Waals surface area contributed by atoms with Crippen LogP contribution in [0.2, 0.25) is 0 Å². The van der Waals surface area contributed by atoms with Crippen LogP contribution in [-0.4, -0.2) is 24.9 Å². The maximum Gasteiger partial charge on any atom is 0.244 e. The van der Waals surface area contributed by atoms with E-state index in [1.54, 1.807) is 24.3 Å². The molecule has 0 aliphatic heterocycles. The Hall–Kier alpha value is -2.81. The second-order valence-electron chi connectivity index (χ2n) is 6.29. The Morgan fingerprint density at radius 2 is 1.96 bits per heavy atom. The number of aromatic nitrogens is 1. The number of pyridine rings is 1. The zero-order chi connectivity index (χ0) is 20.1. The number of carbonyl (C=O) groups is 1. The lowest BCUT2D eigenvalue weighted by atomic mass is 10.1. The number of amides is 1. The zero-order valence-corrected chi connectivity index (χ0v) is 15.9. The minimum Gasteiger partial charge on any atom is -0.772 e. The van der Waals surface area contributed by atoms with Crippen molar-refractivity contribution in [3.05, 3.63) is 71.4 Å². The number of ether oxygens (including phenoxy) is 1. The van der Waals surface area contributed by atoms with Gasteiger partial charge in [-0.25, -0.2) is 5.48 Å². The van der Waals surface area contributed by atoms with Gasteiger partial charge in [0.15, 0.2) is 0 Å². The molecule has 0 fully saturated rings. The largest absolute Gasteiger partial charge is 0.772 e. The summed E-state index contributed by atoms with van der Waals surface area (Å²) in [5, 5.41) is 8.57. The topological polar surface area (TPSA) is 112 Å². The molecule has 1 amide bonds. The molecule has 0 aliphatic rings. The van der Waals surface area contributed by atoms with Gasteiger partial charge in [0.05, 0.1) is 10.8 Å². The third kappa shape index (κ3) is 4.72. The first kappa shape index (κ1) is 19.9. The van der Waals surface area contributed by atoms with Crippen molar-refractivity contribution in [3.8, 4) is 5.75 Å². The molecule has 0 saturated heterocycles. The molecule has 0 saturated carbocycles. The van der Waals surface area contributed by atoms with E-state index >= 15 is 0 Å². The zero-order valence-electron chi connectivity index (χ0n) is 15.1. The molecule has 0 bridgehead atoms. The van der Waals surface area contributed by atoms with Gasteiger partial charge in [0.25, 0.3) is 0 Å². The highest BCUT2D eigenvalue weighted by atomic mass is 32.2. The minimum absolute atomic E-state index is 0.340. The second kappa shape index (κ2) is 8.92. The molecule has 3 rings (SSSR count). The lowest BCUT2D eigenvalue weighted by Gasteiger charge is -2.19. The highest BCUT2D eigenvalue weighted by molar-refractivity contribution is 7.79. The molecule has 2 aromatic carbocycles. The van der Waals surface area contributed by atoms with Crippen molar-refractivity contribution in [1.82, 2.24) is 10.5 Å². The van der Waals surface area contributed by atoms with Crippen LogP contribution in [0.1, 0.15) is 28.5 Å². The lowest BCUT2D eigenvalue weighted by Crippen LogP contribution is -2.22. The van der Waals surface area contributed by atoms with Gasteiger partial charge in [-0.15, -0.1) is 0 Å². The Kier molecular flexibility index (Phi) is 6.35. The average Bonchev–Trinajstić information content (AvgIpc) is 2.70. The molecular formula is C20H19N2O5S-. The molecule has 146 valence electrons. The Morgan fingerprint density at radius 1 is 1.25 bits per heavy atom. The number of benzene rings is 2. The van der Waals surface area contributed by atoms with Gasteiger partial charge in [0.1, 0.15) is 12.4 Å². The van der Waals surface area contributed by atoms with Gasteiger partial charge < -0.3 is 9.29 Å². The van der Waals surface area contributed by atoms with Crippen molar-refractivity contribution in [1.29, 1.82) is 0 Å². The molecule has 2 atom stereocenters. The molecule has 8 heteroatoms. The molecular weight excluding hydrogens is 380 g/mol. The first-order valence-electron chi connectivity index (χ1n) is 8.57. The van der Waals surface area contributed by atoms with Crippen LogP contribution < -0.4 is 10.2 Å². The van der Waals surface area contributed by atoms with Crippen molar-refractivity contribution in [3.63, 3.8) is 0 Å². The van der Waals surface area contributed by atoms with E-state index in [4.69, 9.17) is 9.94 Å².